The summed E-state index contributed by atoms with van der Waals surface area (Å²) in [6, 6.07) is 10.6. The van der Waals surface area contributed by atoms with Gasteiger partial charge in [-0.2, -0.15) is 13.2 Å². The Labute approximate surface area is 240 Å². The molecule has 3 aromatic heterocycles. The minimum atomic E-state index is -4.67. The number of benzene rings is 1. The Balaban J connectivity index is 1.18. The molecule has 0 spiro atoms. The number of carbonyl (C=O) groups is 2. The van der Waals surface area contributed by atoms with Crippen molar-refractivity contribution < 1.29 is 27.2 Å². The van der Waals surface area contributed by atoms with E-state index in [9.17, 15) is 22.8 Å². The van der Waals surface area contributed by atoms with Gasteiger partial charge in [0.15, 0.2) is 5.78 Å². The highest BCUT2D eigenvalue weighted by molar-refractivity contribution is 5.95. The number of nitrogens with two attached hydrogens (primary N) is 1. The smallest absolute Gasteiger partial charge is 0.420 e. The van der Waals surface area contributed by atoms with Crippen molar-refractivity contribution in [3.05, 3.63) is 83.4 Å². The number of piperidine rings is 1. The van der Waals surface area contributed by atoms with E-state index in [0.29, 0.717) is 47.6 Å². The first-order valence-electron chi connectivity index (χ1n) is 13.7. The first-order chi connectivity index (χ1) is 19.9. The Morgan fingerprint density at radius 2 is 1.83 bits per heavy atom. The molecule has 2 atom stereocenters. The molecule has 1 aliphatic heterocycles. The molecule has 10 heteroatoms. The van der Waals surface area contributed by atoms with Crippen molar-refractivity contribution in [2.24, 2.45) is 17.3 Å². The van der Waals surface area contributed by atoms with Gasteiger partial charge >= 0.3 is 6.18 Å². The molecule has 7 nitrogen and oxygen atoms in total. The summed E-state index contributed by atoms with van der Waals surface area (Å²) >= 11 is 0. The Hall–Kier alpha value is -4.47. The van der Waals surface area contributed by atoms with Gasteiger partial charge in [-0.25, -0.2) is 4.98 Å². The lowest BCUT2D eigenvalue weighted by Gasteiger charge is -2.22. The summed E-state index contributed by atoms with van der Waals surface area (Å²) in [4.78, 5) is 35.4. The number of pyridine rings is 2. The number of aromatic nitrogens is 2. The summed E-state index contributed by atoms with van der Waals surface area (Å²) in [6.45, 7) is 5.87. The number of likely N-dealkylation sites (tertiary alicyclic amines) is 1. The highest BCUT2D eigenvalue weighted by Gasteiger charge is 2.62. The number of hydrogen-bond acceptors (Lipinski definition) is 6. The van der Waals surface area contributed by atoms with Crippen LogP contribution in [0.25, 0.3) is 28.3 Å². The molecule has 1 saturated carbocycles. The topological polar surface area (TPSA) is 102 Å². The van der Waals surface area contributed by atoms with Crippen LogP contribution in [-0.2, 0) is 17.4 Å². The van der Waals surface area contributed by atoms with Crippen LogP contribution in [0.4, 0.5) is 19.0 Å². The van der Waals surface area contributed by atoms with Crippen molar-refractivity contribution in [3.8, 4) is 11.3 Å². The summed E-state index contributed by atoms with van der Waals surface area (Å²) in [5.74, 6) is 1.34. The number of anilines is 1. The number of nitrogen functional groups attached to an aromatic ring is 1. The SMILES string of the molecule is CC1(C)C2CN(C(=O)c3ccc(-c4cc(C(F)(F)F)c5oc(CCC(=O)/C=C/c6ccc(N)nc6)cc5c4)nc3)CC21. The second-order valence-electron chi connectivity index (χ2n) is 11.6. The van der Waals surface area contributed by atoms with Gasteiger partial charge in [0.05, 0.1) is 16.8 Å². The molecule has 2 fully saturated rings. The molecule has 4 heterocycles. The van der Waals surface area contributed by atoms with Crippen molar-refractivity contribution in [2.45, 2.75) is 32.9 Å². The van der Waals surface area contributed by atoms with Crippen LogP contribution in [0.3, 0.4) is 0 Å². The average Bonchev–Trinajstić information content (AvgIpc) is 3.36. The van der Waals surface area contributed by atoms with Crippen molar-refractivity contribution in [1.29, 1.82) is 0 Å². The number of furan rings is 1. The van der Waals surface area contributed by atoms with E-state index >= 15 is 0 Å². The molecule has 0 radical (unpaired) electrons. The van der Waals surface area contributed by atoms with Gasteiger partial charge in [-0.1, -0.05) is 13.8 Å². The van der Waals surface area contributed by atoms with Crippen molar-refractivity contribution in [1.82, 2.24) is 14.9 Å². The van der Waals surface area contributed by atoms with Gasteiger partial charge in [0.25, 0.3) is 5.91 Å². The van der Waals surface area contributed by atoms with E-state index in [0.717, 1.165) is 6.07 Å². The lowest BCUT2D eigenvalue weighted by molar-refractivity contribution is -0.136. The molecule has 2 N–H and O–H groups in total. The summed E-state index contributed by atoms with van der Waals surface area (Å²) in [7, 11) is 0. The molecule has 0 bridgehead atoms. The van der Waals surface area contributed by atoms with E-state index in [1.807, 2.05) is 4.90 Å². The molecule has 4 aromatic rings. The maximum absolute atomic E-state index is 14.0. The third kappa shape index (κ3) is 5.29. The normalized spacial score (nSPS) is 19.4. The lowest BCUT2D eigenvalue weighted by atomic mass is 10.0. The van der Waals surface area contributed by atoms with Crippen LogP contribution in [0.5, 0.6) is 0 Å². The second kappa shape index (κ2) is 10.1. The number of fused-ring (bicyclic) bond motifs is 2. The van der Waals surface area contributed by atoms with Crippen LogP contribution in [0.15, 0.2) is 65.4 Å². The highest BCUT2D eigenvalue weighted by atomic mass is 19.4. The number of ketones is 1. The molecule has 6 rings (SSSR count). The number of halogens is 3. The third-order valence-electron chi connectivity index (χ3n) is 8.58. The standard InChI is InChI=1S/C32H29F3N4O3/c1-31(2)25-16-39(17-26(25)31)30(41)19-5-9-27(37-15-19)20-11-21-12-23(42-29(21)24(13-20)32(33,34)35)8-7-22(40)6-3-18-4-10-28(36)38-14-18/h3-6,9-15,25-26H,7-8,16-17H2,1-2H3,(H2,36,38)/b6-3+. The molecule has 1 amide bonds. The first kappa shape index (κ1) is 27.7. The van der Waals surface area contributed by atoms with Gasteiger partial charge in [0.2, 0.25) is 0 Å². The van der Waals surface area contributed by atoms with E-state index in [1.165, 1.54) is 24.5 Å². The van der Waals surface area contributed by atoms with E-state index in [2.05, 4.69) is 23.8 Å². The number of allylic oxidation sites excluding steroid dienone is 1. The molecule has 2 unspecified atom stereocenters. The molecule has 1 saturated heterocycles. The molecule has 2 aliphatic rings. The molecule has 42 heavy (non-hydrogen) atoms. The zero-order chi connectivity index (χ0) is 29.8. The average molecular weight is 575 g/mol. The summed E-state index contributed by atoms with van der Waals surface area (Å²) in [5.41, 5.74) is 6.29. The fraction of sp³-hybridized carbons (Fsp3) is 0.312. The van der Waals surface area contributed by atoms with Crippen LogP contribution >= 0.6 is 0 Å². The summed E-state index contributed by atoms with van der Waals surface area (Å²) < 4.78 is 47.7. The largest absolute Gasteiger partial charge is 0.460 e. The zero-order valence-corrected chi connectivity index (χ0v) is 23.1. The quantitative estimate of drug-likeness (QED) is 0.255. The minimum Gasteiger partial charge on any atom is -0.460 e. The monoisotopic (exact) mass is 574 g/mol. The van der Waals surface area contributed by atoms with E-state index in [1.54, 1.807) is 36.4 Å². The maximum Gasteiger partial charge on any atom is 0.420 e. The number of alkyl halides is 3. The number of hydrogen-bond donors (Lipinski definition) is 1. The summed E-state index contributed by atoms with van der Waals surface area (Å²) in [6.07, 6.45) is 1.46. The van der Waals surface area contributed by atoms with E-state index < -0.39 is 11.7 Å². The number of carbonyl (C=O) groups excluding carboxylic acids is 2. The number of nitrogens with zero attached hydrogens (tertiary/aromatic N) is 3. The zero-order valence-electron chi connectivity index (χ0n) is 23.1. The van der Waals surface area contributed by atoms with E-state index in [4.69, 9.17) is 10.2 Å². The van der Waals surface area contributed by atoms with Gasteiger partial charge in [-0.15, -0.1) is 0 Å². The second-order valence-corrected chi connectivity index (χ2v) is 11.6. The maximum atomic E-state index is 14.0. The predicted molar refractivity (Wildman–Crippen MR) is 152 cm³/mol. The van der Waals surface area contributed by atoms with Crippen LogP contribution in [0.2, 0.25) is 0 Å². The Morgan fingerprint density at radius 3 is 2.48 bits per heavy atom. The number of rotatable bonds is 7. The van der Waals surface area contributed by atoms with Gasteiger partial charge in [-0.05, 0) is 77.4 Å². The van der Waals surface area contributed by atoms with Gasteiger partial charge < -0.3 is 15.1 Å². The van der Waals surface area contributed by atoms with Crippen molar-refractivity contribution in [3.63, 3.8) is 0 Å². The first-order valence-corrected chi connectivity index (χ1v) is 13.7. The molecule has 216 valence electrons. The fourth-order valence-electron chi connectivity index (χ4n) is 5.89. The van der Waals surface area contributed by atoms with Crippen molar-refractivity contribution in [2.75, 3.05) is 18.8 Å². The minimum absolute atomic E-state index is 0.0555. The van der Waals surface area contributed by atoms with Gasteiger partial charge in [0.1, 0.15) is 17.2 Å². The van der Waals surface area contributed by atoms with Crippen molar-refractivity contribution >= 4 is 34.6 Å². The lowest BCUT2D eigenvalue weighted by Crippen LogP contribution is -2.32. The number of amides is 1. The van der Waals surface area contributed by atoms with Crippen LogP contribution < -0.4 is 5.73 Å². The van der Waals surface area contributed by atoms with Crippen LogP contribution in [-0.4, -0.2) is 39.6 Å². The highest BCUT2D eigenvalue weighted by Crippen LogP contribution is 2.62. The Morgan fingerprint density at radius 1 is 1.07 bits per heavy atom. The fourth-order valence-corrected chi connectivity index (χ4v) is 5.89. The Bertz CT molecular complexity index is 1690. The number of aryl methyl sites for hydroxylation is 1. The van der Waals surface area contributed by atoms with Gasteiger partial charge in [0, 0.05) is 49.3 Å². The molecule has 1 aromatic carbocycles. The predicted octanol–water partition coefficient (Wildman–Crippen LogP) is 6.43. The third-order valence-corrected chi connectivity index (χ3v) is 8.58. The van der Waals surface area contributed by atoms with Crippen LogP contribution in [0.1, 0.15) is 47.5 Å². The van der Waals surface area contributed by atoms with Crippen LogP contribution in [0, 0.1) is 17.3 Å². The molecule has 1 aliphatic carbocycles. The summed E-state index contributed by atoms with van der Waals surface area (Å²) in [5, 5.41) is 0.256. The molecular formula is C32H29F3N4O3. The molecular weight excluding hydrogens is 545 g/mol. The van der Waals surface area contributed by atoms with E-state index in [-0.39, 0.29) is 52.2 Å². The van der Waals surface area contributed by atoms with Gasteiger partial charge in [-0.3, -0.25) is 14.6 Å². The Kier molecular flexibility index (Phi) is 6.67.